The minimum Gasteiger partial charge on any atom is -0.444 e. The Labute approximate surface area is 90.5 Å². The zero-order valence-electron chi connectivity index (χ0n) is 9.49. The number of rotatable bonds is 2. The van der Waals surface area contributed by atoms with Crippen LogP contribution in [-0.2, 0) is 6.54 Å². The Kier molecular flexibility index (Phi) is 3.07. The largest absolute Gasteiger partial charge is 0.444 e. The second-order valence-electron chi connectivity index (χ2n) is 4.39. The highest BCUT2D eigenvalue weighted by atomic mass is 16.4. The Morgan fingerprint density at radius 2 is 2.33 bits per heavy atom. The number of nitrogens with zero attached hydrogens (tertiary/aromatic N) is 2. The predicted octanol–water partition coefficient (Wildman–Crippen LogP) is 1.21. The van der Waals surface area contributed by atoms with Crippen LogP contribution in [0.25, 0.3) is 0 Å². The van der Waals surface area contributed by atoms with Crippen molar-refractivity contribution in [1.82, 2.24) is 9.88 Å². The lowest BCUT2D eigenvalue weighted by atomic mass is 10.1. The van der Waals surface area contributed by atoms with E-state index in [-0.39, 0.29) is 0 Å². The predicted molar refractivity (Wildman–Crippen MR) is 58.5 cm³/mol. The van der Waals surface area contributed by atoms with Crippen molar-refractivity contribution in [3.63, 3.8) is 0 Å². The first-order chi connectivity index (χ1) is 7.15. The highest BCUT2D eigenvalue weighted by Gasteiger charge is 2.18. The smallest absolute Gasteiger partial charge is 0.208 e. The van der Waals surface area contributed by atoms with Gasteiger partial charge in [0.05, 0.1) is 12.2 Å². The highest BCUT2D eigenvalue weighted by molar-refractivity contribution is 5.05. The average Bonchev–Trinajstić information content (AvgIpc) is 2.45. The van der Waals surface area contributed by atoms with Gasteiger partial charge in [-0.3, -0.25) is 4.90 Å². The van der Waals surface area contributed by atoms with Gasteiger partial charge >= 0.3 is 0 Å². The number of hydrogen-bond donors (Lipinski definition) is 1. The molecule has 0 aliphatic carbocycles. The molecular formula is C11H19N3O. The first kappa shape index (κ1) is 10.6. The minimum absolute atomic E-state index is 0.316. The van der Waals surface area contributed by atoms with E-state index in [9.17, 15) is 0 Å². The van der Waals surface area contributed by atoms with Crippen LogP contribution < -0.4 is 5.73 Å². The number of nitrogens with two attached hydrogens (primary N) is 1. The van der Waals surface area contributed by atoms with Gasteiger partial charge in [0, 0.05) is 12.6 Å². The maximum Gasteiger partial charge on any atom is 0.208 e. The first-order valence-corrected chi connectivity index (χ1v) is 5.56. The van der Waals surface area contributed by atoms with E-state index >= 15 is 0 Å². The fourth-order valence-corrected chi connectivity index (χ4v) is 2.03. The summed E-state index contributed by atoms with van der Waals surface area (Å²) in [6, 6.07) is 0.316. The number of aromatic nitrogens is 1. The van der Waals surface area contributed by atoms with Crippen molar-refractivity contribution in [1.29, 1.82) is 0 Å². The number of piperidine rings is 1. The first-order valence-electron chi connectivity index (χ1n) is 5.56. The Bertz CT molecular complexity index is 315. The van der Waals surface area contributed by atoms with E-state index in [1.54, 1.807) is 0 Å². The molecule has 0 aromatic carbocycles. The lowest BCUT2D eigenvalue weighted by molar-refractivity contribution is 0.184. The lowest BCUT2D eigenvalue weighted by Crippen LogP contribution is -2.42. The fraction of sp³-hybridized carbons (Fsp3) is 0.727. The molecule has 0 radical (unpaired) electrons. The minimum atomic E-state index is 0.316. The molecule has 0 saturated carbocycles. The normalized spacial score (nSPS) is 23.3. The van der Waals surface area contributed by atoms with Crippen LogP contribution in [-0.4, -0.2) is 29.0 Å². The number of hydrogen-bond acceptors (Lipinski definition) is 4. The quantitative estimate of drug-likeness (QED) is 0.795. The van der Waals surface area contributed by atoms with E-state index in [0.717, 1.165) is 43.4 Å². The summed E-state index contributed by atoms with van der Waals surface area (Å²) in [6.07, 6.45) is 2.32. The molecule has 0 bridgehead atoms. The summed E-state index contributed by atoms with van der Waals surface area (Å²) in [5.74, 6) is 1.74. The molecular weight excluding hydrogens is 190 g/mol. The van der Waals surface area contributed by atoms with E-state index < -0.39 is 0 Å². The molecule has 1 fully saturated rings. The molecule has 2 N–H and O–H groups in total. The van der Waals surface area contributed by atoms with Crippen LogP contribution in [0.1, 0.15) is 30.2 Å². The van der Waals surface area contributed by atoms with Gasteiger partial charge in [-0.05, 0) is 33.2 Å². The zero-order chi connectivity index (χ0) is 10.8. The second-order valence-corrected chi connectivity index (χ2v) is 4.39. The molecule has 0 spiro atoms. The third-order valence-electron chi connectivity index (χ3n) is 2.97. The van der Waals surface area contributed by atoms with Crippen LogP contribution >= 0.6 is 0 Å². The van der Waals surface area contributed by atoms with Gasteiger partial charge in [0.25, 0.3) is 0 Å². The number of likely N-dealkylation sites (tertiary alicyclic amines) is 1. The maximum absolute atomic E-state index is 5.92. The van der Waals surface area contributed by atoms with Crippen LogP contribution in [0, 0.1) is 13.8 Å². The third-order valence-corrected chi connectivity index (χ3v) is 2.97. The van der Waals surface area contributed by atoms with Crippen LogP contribution in [0.2, 0.25) is 0 Å². The Morgan fingerprint density at radius 3 is 2.93 bits per heavy atom. The standard InChI is InChI=1S/C11H19N3O/c1-8-9(2)15-11(13-8)7-14-5-3-4-10(12)6-14/h10H,3-7,12H2,1-2H3/t10-/m1/s1. The molecule has 4 nitrogen and oxygen atoms in total. The molecule has 1 aliphatic heterocycles. The van der Waals surface area contributed by atoms with Crippen molar-refractivity contribution in [2.24, 2.45) is 5.73 Å². The summed E-state index contributed by atoms with van der Waals surface area (Å²) < 4.78 is 5.56. The molecule has 15 heavy (non-hydrogen) atoms. The molecule has 1 aliphatic rings. The van der Waals surface area contributed by atoms with Gasteiger partial charge in [0.2, 0.25) is 5.89 Å². The molecule has 1 atom stereocenters. The Balaban J connectivity index is 1.96. The van der Waals surface area contributed by atoms with Crippen LogP contribution in [0.15, 0.2) is 4.42 Å². The zero-order valence-corrected chi connectivity index (χ0v) is 9.49. The van der Waals surface area contributed by atoms with Gasteiger partial charge in [-0.25, -0.2) is 4.98 Å². The summed E-state index contributed by atoms with van der Waals surface area (Å²) in [5.41, 5.74) is 6.91. The summed E-state index contributed by atoms with van der Waals surface area (Å²) >= 11 is 0. The van der Waals surface area contributed by atoms with Crippen molar-refractivity contribution in [3.8, 4) is 0 Å². The second kappa shape index (κ2) is 4.33. The van der Waals surface area contributed by atoms with Gasteiger partial charge in [0.1, 0.15) is 5.76 Å². The lowest BCUT2D eigenvalue weighted by Gasteiger charge is -2.29. The van der Waals surface area contributed by atoms with Gasteiger partial charge in [-0.2, -0.15) is 0 Å². The summed E-state index contributed by atoms with van der Waals surface area (Å²) in [7, 11) is 0. The highest BCUT2D eigenvalue weighted by Crippen LogP contribution is 2.14. The van der Waals surface area contributed by atoms with Crippen molar-refractivity contribution in [2.75, 3.05) is 13.1 Å². The van der Waals surface area contributed by atoms with Crippen molar-refractivity contribution in [3.05, 3.63) is 17.3 Å². The SMILES string of the molecule is Cc1nc(CN2CCC[C@@H](N)C2)oc1C. The van der Waals surface area contributed by atoms with Gasteiger partial charge in [0.15, 0.2) is 0 Å². The summed E-state index contributed by atoms with van der Waals surface area (Å²) in [5, 5.41) is 0. The Morgan fingerprint density at radius 1 is 1.53 bits per heavy atom. The molecule has 2 heterocycles. The van der Waals surface area contributed by atoms with Crippen molar-refractivity contribution >= 4 is 0 Å². The van der Waals surface area contributed by atoms with Gasteiger partial charge in [-0.1, -0.05) is 0 Å². The fourth-order valence-electron chi connectivity index (χ4n) is 2.03. The molecule has 4 heteroatoms. The van der Waals surface area contributed by atoms with Gasteiger partial charge in [-0.15, -0.1) is 0 Å². The Hall–Kier alpha value is -0.870. The molecule has 2 rings (SSSR count). The third kappa shape index (κ3) is 2.58. The van der Waals surface area contributed by atoms with E-state index in [1.165, 1.54) is 6.42 Å². The van der Waals surface area contributed by atoms with Crippen molar-refractivity contribution < 1.29 is 4.42 Å². The van der Waals surface area contributed by atoms with E-state index in [0.29, 0.717) is 6.04 Å². The van der Waals surface area contributed by atoms with Crippen molar-refractivity contribution in [2.45, 2.75) is 39.3 Å². The van der Waals surface area contributed by atoms with E-state index in [2.05, 4.69) is 9.88 Å². The van der Waals surface area contributed by atoms with Gasteiger partial charge < -0.3 is 10.2 Å². The number of aryl methyl sites for hydroxylation is 2. The average molecular weight is 209 g/mol. The summed E-state index contributed by atoms with van der Waals surface area (Å²) in [6.45, 7) is 6.79. The molecule has 0 unspecified atom stereocenters. The molecule has 84 valence electrons. The number of oxazole rings is 1. The maximum atomic E-state index is 5.92. The van der Waals surface area contributed by atoms with Crippen LogP contribution in [0.3, 0.4) is 0 Å². The van der Waals surface area contributed by atoms with E-state index in [1.807, 2.05) is 13.8 Å². The topological polar surface area (TPSA) is 55.3 Å². The summed E-state index contributed by atoms with van der Waals surface area (Å²) in [4.78, 5) is 6.70. The monoisotopic (exact) mass is 209 g/mol. The molecule has 1 saturated heterocycles. The van der Waals surface area contributed by atoms with E-state index in [4.69, 9.17) is 10.2 Å². The molecule has 1 aromatic heterocycles. The van der Waals surface area contributed by atoms with Crippen LogP contribution in [0.4, 0.5) is 0 Å². The molecule has 0 amide bonds. The van der Waals surface area contributed by atoms with Crippen LogP contribution in [0.5, 0.6) is 0 Å². The molecule has 1 aromatic rings.